The molecule has 0 spiro atoms. The molecule has 0 aromatic heterocycles. The molecule has 0 aliphatic rings. The minimum absolute atomic E-state index is 0.549. The van der Waals surface area contributed by atoms with Gasteiger partial charge in [0.05, 0.1) is 0 Å². The Labute approximate surface area is 56.5 Å². The van der Waals surface area contributed by atoms with Crippen molar-refractivity contribution in [2.45, 2.75) is 0 Å². The van der Waals surface area contributed by atoms with Crippen molar-refractivity contribution in [3.8, 4) is 0 Å². The second-order valence-corrected chi connectivity index (χ2v) is 7.73. The van der Waals surface area contributed by atoms with Crippen LogP contribution >= 0.6 is 0 Å². The highest BCUT2D eigenvalue weighted by atomic mass is 32.3. The first-order valence-electron chi connectivity index (χ1n) is 2.86. The van der Waals surface area contributed by atoms with Crippen LogP contribution in [0.2, 0.25) is 0 Å². The molecular formula is C5H16N2OS. The van der Waals surface area contributed by atoms with Gasteiger partial charge in [-0.25, -0.2) is 0 Å². The molecule has 0 aromatic carbocycles. The van der Waals surface area contributed by atoms with Crippen LogP contribution in [0.1, 0.15) is 0 Å². The van der Waals surface area contributed by atoms with Crippen LogP contribution in [0, 0.1) is 0 Å². The lowest BCUT2D eigenvalue weighted by molar-refractivity contribution is 0.662. The van der Waals surface area contributed by atoms with Crippen LogP contribution in [0.5, 0.6) is 0 Å². The van der Waals surface area contributed by atoms with E-state index < -0.39 is 9.25 Å². The van der Waals surface area contributed by atoms with Gasteiger partial charge in [-0.05, 0) is 7.05 Å². The molecule has 0 heterocycles. The summed E-state index contributed by atoms with van der Waals surface area (Å²) in [6.07, 6.45) is 3.21. The Bertz CT molecular complexity index is 138. The average Bonchev–Trinajstić information content (AvgIpc) is 1.57. The predicted octanol–water partition coefficient (Wildman–Crippen LogP) is -0.841. The highest BCUT2D eigenvalue weighted by Gasteiger charge is 2.16. The van der Waals surface area contributed by atoms with E-state index in [4.69, 9.17) is 5.14 Å². The number of hydrogen-bond donors (Lipinski definition) is 2. The van der Waals surface area contributed by atoms with Gasteiger partial charge < -0.3 is 5.32 Å². The minimum Gasteiger partial charge on any atom is -0.319 e. The van der Waals surface area contributed by atoms with Crippen molar-refractivity contribution in [2.75, 3.05) is 31.9 Å². The first-order valence-corrected chi connectivity index (χ1v) is 5.88. The summed E-state index contributed by atoms with van der Waals surface area (Å²) in [5.41, 5.74) is 0. The van der Waals surface area contributed by atoms with Crippen molar-refractivity contribution in [1.29, 1.82) is 0 Å². The molecule has 0 unspecified atom stereocenters. The Morgan fingerprint density at radius 2 is 2.00 bits per heavy atom. The number of nitrogens with one attached hydrogen (secondary N) is 1. The molecule has 0 radical (unpaired) electrons. The van der Waals surface area contributed by atoms with Gasteiger partial charge in [-0.1, -0.05) is 9.25 Å². The molecule has 0 amide bonds. The molecule has 0 saturated heterocycles. The van der Waals surface area contributed by atoms with E-state index in [0.717, 1.165) is 6.54 Å². The van der Waals surface area contributed by atoms with E-state index in [1.54, 1.807) is 12.5 Å². The molecule has 0 atom stereocenters. The zero-order chi connectivity index (χ0) is 7.57. The van der Waals surface area contributed by atoms with Gasteiger partial charge >= 0.3 is 0 Å². The molecule has 0 saturated carbocycles. The number of nitrogens with two attached hydrogens (primary N) is 1. The van der Waals surface area contributed by atoms with E-state index in [1.807, 2.05) is 7.05 Å². The van der Waals surface area contributed by atoms with Crippen LogP contribution in [0.3, 0.4) is 0 Å². The Balaban J connectivity index is 3.76. The molecule has 0 aliphatic heterocycles. The van der Waals surface area contributed by atoms with E-state index in [1.165, 1.54) is 0 Å². The normalized spacial score (nSPS) is 16.7. The summed E-state index contributed by atoms with van der Waals surface area (Å²) in [4.78, 5) is 0. The van der Waals surface area contributed by atoms with Crippen molar-refractivity contribution in [1.82, 2.24) is 5.32 Å². The van der Waals surface area contributed by atoms with E-state index in [9.17, 15) is 4.21 Å². The lowest BCUT2D eigenvalue weighted by atomic mass is 10.8. The summed E-state index contributed by atoms with van der Waals surface area (Å²) < 4.78 is 11.3. The largest absolute Gasteiger partial charge is 0.319 e. The summed E-state index contributed by atoms with van der Waals surface area (Å²) in [5, 5.41) is 8.37. The molecule has 4 heteroatoms. The van der Waals surface area contributed by atoms with Crippen molar-refractivity contribution >= 4 is 9.25 Å². The third-order valence-electron chi connectivity index (χ3n) is 0.961. The topological polar surface area (TPSA) is 55.1 Å². The summed E-state index contributed by atoms with van der Waals surface area (Å²) in [6, 6.07) is 0. The monoisotopic (exact) mass is 152 g/mol. The highest BCUT2D eigenvalue weighted by Crippen LogP contribution is 2.03. The minimum atomic E-state index is -2.72. The standard InChI is InChI=1S/C5H16N2OS/c1-7-4-5-9(2,3,6)8/h7H,4-5H2,1-3H3,(H2,6,8). The molecule has 3 nitrogen and oxygen atoms in total. The van der Waals surface area contributed by atoms with Crippen molar-refractivity contribution < 1.29 is 4.21 Å². The van der Waals surface area contributed by atoms with Gasteiger partial charge in [0.2, 0.25) is 0 Å². The number of hydrogen-bond acceptors (Lipinski definition) is 2. The zero-order valence-corrected chi connectivity index (χ0v) is 7.12. The van der Waals surface area contributed by atoms with Crippen molar-refractivity contribution in [3.63, 3.8) is 0 Å². The molecule has 3 N–H and O–H groups in total. The molecule has 9 heavy (non-hydrogen) atoms. The van der Waals surface area contributed by atoms with E-state index in [-0.39, 0.29) is 0 Å². The summed E-state index contributed by atoms with van der Waals surface area (Å²) >= 11 is 0. The van der Waals surface area contributed by atoms with Crippen LogP contribution in [-0.4, -0.2) is 36.1 Å². The maximum atomic E-state index is 11.3. The van der Waals surface area contributed by atoms with Gasteiger partial charge in [0.25, 0.3) is 0 Å². The molecule has 0 rings (SSSR count). The summed E-state index contributed by atoms with van der Waals surface area (Å²) in [5.74, 6) is 0.549. The van der Waals surface area contributed by atoms with Crippen molar-refractivity contribution in [2.24, 2.45) is 5.14 Å². The molecule has 0 aliphatic carbocycles. The van der Waals surface area contributed by atoms with Crippen LogP contribution in [0.4, 0.5) is 0 Å². The van der Waals surface area contributed by atoms with Crippen LogP contribution < -0.4 is 10.5 Å². The third kappa shape index (κ3) is 8.07. The predicted molar refractivity (Wildman–Crippen MR) is 43.0 cm³/mol. The van der Waals surface area contributed by atoms with Gasteiger partial charge in [-0.2, -0.15) is 0 Å². The van der Waals surface area contributed by atoms with E-state index in [2.05, 4.69) is 5.32 Å². The fourth-order valence-corrected chi connectivity index (χ4v) is 1.22. The van der Waals surface area contributed by atoms with E-state index >= 15 is 0 Å². The van der Waals surface area contributed by atoms with E-state index in [0.29, 0.717) is 5.75 Å². The lowest BCUT2D eigenvalue weighted by Gasteiger charge is -2.27. The lowest BCUT2D eigenvalue weighted by Crippen LogP contribution is -2.45. The molecule has 0 fully saturated rings. The Kier molecular flexibility index (Phi) is 2.38. The fourth-order valence-electron chi connectivity index (χ4n) is 0.407. The summed E-state index contributed by atoms with van der Waals surface area (Å²) in [7, 11) is -0.903. The van der Waals surface area contributed by atoms with Gasteiger partial charge in [-0.3, -0.25) is 9.35 Å². The van der Waals surface area contributed by atoms with Crippen LogP contribution in [0.25, 0.3) is 0 Å². The van der Waals surface area contributed by atoms with Crippen molar-refractivity contribution in [3.05, 3.63) is 0 Å². The fraction of sp³-hybridized carbons (Fsp3) is 1.00. The van der Waals surface area contributed by atoms with Crippen LogP contribution in [-0.2, 0) is 9.25 Å². The second-order valence-electron chi connectivity index (χ2n) is 2.98. The van der Waals surface area contributed by atoms with Gasteiger partial charge in [0.15, 0.2) is 0 Å². The average molecular weight is 152 g/mol. The zero-order valence-electron chi connectivity index (χ0n) is 6.31. The van der Waals surface area contributed by atoms with Crippen LogP contribution in [0.15, 0.2) is 0 Å². The van der Waals surface area contributed by atoms with Gasteiger partial charge in [0.1, 0.15) is 0 Å². The number of rotatable bonds is 3. The SMILES string of the molecule is CNCCS(C)(C)(N)=O. The van der Waals surface area contributed by atoms with Gasteiger partial charge in [-0.15, -0.1) is 0 Å². The molecule has 0 bridgehead atoms. The Hall–Kier alpha value is 0.0700. The molecule has 0 aromatic rings. The maximum Gasteiger partial charge on any atom is 0.0270 e. The third-order valence-corrected chi connectivity index (χ3v) is 2.38. The second kappa shape index (κ2) is 2.36. The summed E-state index contributed by atoms with van der Waals surface area (Å²) in [6.45, 7) is 0.717. The Morgan fingerprint density at radius 3 is 2.11 bits per heavy atom. The highest BCUT2D eigenvalue weighted by molar-refractivity contribution is 8.16. The molecular weight excluding hydrogens is 136 g/mol. The first kappa shape index (κ1) is 9.07. The van der Waals surface area contributed by atoms with Gasteiger partial charge in [0, 0.05) is 24.8 Å². The smallest absolute Gasteiger partial charge is 0.0270 e. The first-order chi connectivity index (χ1) is 3.81. The maximum absolute atomic E-state index is 11.3. The molecule has 58 valence electrons. The quantitative estimate of drug-likeness (QED) is 0.554. The Morgan fingerprint density at radius 1 is 1.56 bits per heavy atom.